The molecule has 0 saturated carbocycles. The summed E-state index contributed by atoms with van der Waals surface area (Å²) in [6.45, 7) is 3.60. The monoisotopic (exact) mass is 204 g/mol. The lowest BCUT2D eigenvalue weighted by molar-refractivity contribution is 0.422. The van der Waals surface area contributed by atoms with E-state index >= 15 is 0 Å². The Labute approximate surface area is 85.9 Å². The quantitative estimate of drug-likeness (QED) is 0.429. The molecular formula is C8H9BN4O2. The third-order valence-electron chi connectivity index (χ3n) is 1.88. The molecule has 0 atom stereocenters. The highest BCUT2D eigenvalue weighted by atomic mass is 16.4. The van der Waals surface area contributed by atoms with Crippen molar-refractivity contribution >= 4 is 24.0 Å². The van der Waals surface area contributed by atoms with Gasteiger partial charge in [0.2, 0.25) is 0 Å². The van der Waals surface area contributed by atoms with Crippen LogP contribution in [-0.4, -0.2) is 37.1 Å². The van der Waals surface area contributed by atoms with Gasteiger partial charge in [0.1, 0.15) is 11.3 Å². The van der Waals surface area contributed by atoms with Gasteiger partial charge in [0, 0.05) is 6.42 Å². The molecule has 0 fully saturated rings. The molecule has 3 N–H and O–H groups in total. The lowest BCUT2D eigenvalue weighted by Gasteiger charge is -1.94. The summed E-state index contributed by atoms with van der Waals surface area (Å²) >= 11 is 0. The summed E-state index contributed by atoms with van der Waals surface area (Å²) in [6, 6.07) is 0. The molecule has 76 valence electrons. The fourth-order valence-electron chi connectivity index (χ4n) is 1.23. The Bertz CT molecular complexity index is 496. The number of nitrogens with zero attached hydrogens (tertiary/aromatic N) is 3. The van der Waals surface area contributed by atoms with Gasteiger partial charge >= 0.3 is 7.12 Å². The van der Waals surface area contributed by atoms with E-state index in [1.807, 2.05) is 0 Å². The maximum Gasteiger partial charge on any atom is 0.528 e. The first-order valence-corrected chi connectivity index (χ1v) is 4.39. The Morgan fingerprint density at radius 2 is 2.27 bits per heavy atom. The molecule has 2 heterocycles. The summed E-state index contributed by atoms with van der Waals surface area (Å²) < 4.78 is 0. The molecule has 15 heavy (non-hydrogen) atoms. The molecule has 0 radical (unpaired) electrons. The molecule has 7 heteroatoms. The van der Waals surface area contributed by atoms with E-state index in [1.54, 1.807) is 6.08 Å². The molecule has 2 aromatic rings. The van der Waals surface area contributed by atoms with E-state index in [-0.39, 0.29) is 5.72 Å². The summed E-state index contributed by atoms with van der Waals surface area (Å²) in [5.74, 6) is 0.721. The first-order chi connectivity index (χ1) is 7.20. The van der Waals surface area contributed by atoms with Crippen LogP contribution in [0.3, 0.4) is 0 Å². The minimum Gasteiger partial charge on any atom is -0.421 e. The third-order valence-corrected chi connectivity index (χ3v) is 1.88. The van der Waals surface area contributed by atoms with Crippen molar-refractivity contribution in [2.75, 3.05) is 0 Å². The number of aromatic amines is 1. The number of nitrogens with one attached hydrogen (secondary N) is 1. The van der Waals surface area contributed by atoms with Gasteiger partial charge in [0.25, 0.3) is 0 Å². The Balaban J connectivity index is 2.47. The van der Waals surface area contributed by atoms with Crippen LogP contribution in [0.1, 0.15) is 5.82 Å². The van der Waals surface area contributed by atoms with E-state index in [1.165, 1.54) is 6.20 Å². The molecule has 0 saturated heterocycles. The Hall–Kier alpha value is -1.73. The Kier molecular flexibility index (Phi) is 2.48. The number of allylic oxidation sites excluding steroid dienone is 1. The topological polar surface area (TPSA) is 94.9 Å². The van der Waals surface area contributed by atoms with E-state index in [4.69, 9.17) is 10.0 Å². The van der Waals surface area contributed by atoms with Crippen molar-refractivity contribution in [3.8, 4) is 0 Å². The van der Waals surface area contributed by atoms with Crippen molar-refractivity contribution in [2.45, 2.75) is 6.42 Å². The van der Waals surface area contributed by atoms with Crippen LogP contribution in [0.15, 0.2) is 18.9 Å². The first kappa shape index (κ1) is 9.82. The highest BCUT2D eigenvalue weighted by Gasteiger charge is 2.16. The van der Waals surface area contributed by atoms with Crippen LogP contribution >= 0.6 is 0 Å². The van der Waals surface area contributed by atoms with Gasteiger partial charge in [0.15, 0.2) is 11.4 Å². The van der Waals surface area contributed by atoms with Crippen molar-refractivity contribution in [1.29, 1.82) is 0 Å². The average Bonchev–Trinajstić information content (AvgIpc) is 2.59. The number of imidazole rings is 1. The summed E-state index contributed by atoms with van der Waals surface area (Å²) in [5, 5.41) is 17.7. The summed E-state index contributed by atoms with van der Waals surface area (Å²) in [5.41, 5.74) is 1.03. The van der Waals surface area contributed by atoms with Crippen LogP contribution in [-0.2, 0) is 6.42 Å². The summed E-state index contributed by atoms with van der Waals surface area (Å²) in [7, 11) is -1.67. The van der Waals surface area contributed by atoms with Crippen molar-refractivity contribution < 1.29 is 10.0 Å². The van der Waals surface area contributed by atoms with Gasteiger partial charge in [-0.15, -0.1) is 6.58 Å². The smallest absolute Gasteiger partial charge is 0.421 e. The molecule has 0 spiro atoms. The second-order valence-corrected chi connectivity index (χ2v) is 3.02. The number of aromatic nitrogens is 4. The van der Waals surface area contributed by atoms with Gasteiger partial charge in [-0.3, -0.25) is 0 Å². The molecule has 6 nitrogen and oxygen atoms in total. The van der Waals surface area contributed by atoms with E-state index in [0.717, 1.165) is 5.82 Å². The van der Waals surface area contributed by atoms with E-state index < -0.39 is 7.12 Å². The maximum absolute atomic E-state index is 8.87. The average molecular weight is 204 g/mol. The normalized spacial score (nSPS) is 10.5. The number of rotatable bonds is 3. The molecular weight excluding hydrogens is 195 g/mol. The van der Waals surface area contributed by atoms with Gasteiger partial charge in [-0.25, -0.2) is 15.0 Å². The SMILES string of the molecule is C=CCc1nc2nc(B(O)O)ncc2[nH]1. The number of hydrogen-bond acceptors (Lipinski definition) is 5. The molecule has 0 aromatic carbocycles. The largest absolute Gasteiger partial charge is 0.528 e. The second-order valence-electron chi connectivity index (χ2n) is 3.02. The Morgan fingerprint density at radius 3 is 2.93 bits per heavy atom. The zero-order chi connectivity index (χ0) is 10.8. The van der Waals surface area contributed by atoms with Gasteiger partial charge in [-0.05, 0) is 0 Å². The van der Waals surface area contributed by atoms with Crippen LogP contribution in [0.4, 0.5) is 0 Å². The van der Waals surface area contributed by atoms with E-state index in [2.05, 4.69) is 26.5 Å². The standard InChI is InChI=1S/C8H9BN4O2/c1-2-3-6-11-5-4-10-8(9(14)15)13-7(5)12-6/h2,4,14-15H,1,3H2,(H,10,11,12,13). The molecule has 0 aliphatic rings. The van der Waals surface area contributed by atoms with Gasteiger partial charge in [-0.2, -0.15) is 0 Å². The second kappa shape index (κ2) is 3.80. The lowest BCUT2D eigenvalue weighted by Crippen LogP contribution is -2.35. The molecule has 0 unspecified atom stereocenters. The first-order valence-electron chi connectivity index (χ1n) is 4.39. The van der Waals surface area contributed by atoms with E-state index in [0.29, 0.717) is 17.6 Å². The molecule has 2 aromatic heterocycles. The lowest BCUT2D eigenvalue weighted by atomic mass is 9.91. The van der Waals surface area contributed by atoms with Crippen molar-refractivity contribution in [3.63, 3.8) is 0 Å². The molecule has 0 aliphatic carbocycles. The van der Waals surface area contributed by atoms with Crippen molar-refractivity contribution in [3.05, 3.63) is 24.7 Å². The van der Waals surface area contributed by atoms with Crippen LogP contribution < -0.4 is 5.72 Å². The number of H-pyrrole nitrogens is 1. The summed E-state index contributed by atoms with van der Waals surface area (Å²) in [4.78, 5) is 14.8. The summed E-state index contributed by atoms with van der Waals surface area (Å²) in [6.07, 6.45) is 3.79. The van der Waals surface area contributed by atoms with Crippen LogP contribution in [0.5, 0.6) is 0 Å². The maximum atomic E-state index is 8.87. The molecule has 0 amide bonds. The molecule has 0 aliphatic heterocycles. The minimum absolute atomic E-state index is 0.0563. The fraction of sp³-hybridized carbons (Fsp3) is 0.125. The van der Waals surface area contributed by atoms with Crippen molar-refractivity contribution in [1.82, 2.24) is 19.9 Å². The fourth-order valence-corrected chi connectivity index (χ4v) is 1.23. The molecule has 2 rings (SSSR count). The zero-order valence-corrected chi connectivity index (χ0v) is 7.88. The van der Waals surface area contributed by atoms with Gasteiger partial charge in [0.05, 0.1) is 6.20 Å². The van der Waals surface area contributed by atoms with Crippen LogP contribution in [0, 0.1) is 0 Å². The highest BCUT2D eigenvalue weighted by Crippen LogP contribution is 2.05. The predicted octanol–water partition coefficient (Wildman–Crippen LogP) is -1.24. The van der Waals surface area contributed by atoms with Crippen molar-refractivity contribution in [2.24, 2.45) is 0 Å². The number of fused-ring (bicyclic) bond motifs is 1. The number of hydrogen-bond donors (Lipinski definition) is 3. The van der Waals surface area contributed by atoms with E-state index in [9.17, 15) is 0 Å². The highest BCUT2D eigenvalue weighted by molar-refractivity contribution is 6.56. The van der Waals surface area contributed by atoms with Crippen LogP contribution in [0.2, 0.25) is 0 Å². The third kappa shape index (κ3) is 1.88. The molecule has 0 bridgehead atoms. The van der Waals surface area contributed by atoms with Gasteiger partial charge in [-0.1, -0.05) is 6.08 Å². The minimum atomic E-state index is -1.67. The van der Waals surface area contributed by atoms with Crippen LogP contribution in [0.25, 0.3) is 11.2 Å². The Morgan fingerprint density at radius 1 is 1.47 bits per heavy atom. The predicted molar refractivity (Wildman–Crippen MR) is 55.4 cm³/mol. The van der Waals surface area contributed by atoms with Gasteiger partial charge < -0.3 is 15.0 Å². The zero-order valence-electron chi connectivity index (χ0n) is 7.88.